The van der Waals surface area contributed by atoms with E-state index in [0.29, 0.717) is 64.2 Å². The molecule has 0 radical (unpaired) electrons. The van der Waals surface area contributed by atoms with Gasteiger partial charge in [0, 0.05) is 51.6 Å². The van der Waals surface area contributed by atoms with Gasteiger partial charge in [0.05, 0.1) is 77.8 Å². The predicted octanol–water partition coefficient (Wildman–Crippen LogP) is 19.4. The number of phosphoric ester groups is 2. The highest BCUT2D eigenvalue weighted by Gasteiger charge is 2.28. The van der Waals surface area contributed by atoms with Gasteiger partial charge in [-0.3, -0.25) is 56.5 Å². The van der Waals surface area contributed by atoms with Crippen LogP contribution in [0.2, 0.25) is 0 Å². The normalized spacial score (nSPS) is 13.8. The van der Waals surface area contributed by atoms with Crippen molar-refractivity contribution in [3.63, 3.8) is 0 Å². The second kappa shape index (κ2) is 77.0. The minimum atomic E-state index is -4.83. The number of carbonyl (C=O) groups excluding carboxylic acids is 8. The van der Waals surface area contributed by atoms with Crippen LogP contribution < -0.4 is 21.3 Å². The molecular weight excluding hydrogens is 1460 g/mol. The number of hydrogen-bond acceptors (Lipinski definition) is 18. The molecule has 0 spiro atoms. The lowest BCUT2D eigenvalue weighted by molar-refractivity contribution is -0.151. The van der Waals surface area contributed by atoms with Gasteiger partial charge in [-0.1, -0.05) is 258 Å². The van der Waals surface area contributed by atoms with Crippen LogP contribution in [0.3, 0.4) is 0 Å². The second-order valence-corrected chi connectivity index (χ2v) is 32.9. The van der Waals surface area contributed by atoms with Crippen LogP contribution in [-0.4, -0.2) is 147 Å². The second-order valence-electron chi connectivity index (χ2n) is 30.0. The van der Waals surface area contributed by atoms with Crippen molar-refractivity contribution in [3.8, 4) is 0 Å². The fraction of sp³-hybridized carbons (Fsp3) is 0.859. The summed E-state index contributed by atoms with van der Waals surface area (Å²) in [6.45, 7) is 10.1. The number of unbranched alkanes of at least 4 members (excludes halogenated alkanes) is 34. The number of Topliss-reactive ketones (excluding diaryl/α,β-unsaturated/α-hetero) is 2. The first kappa shape index (κ1) is 107. The molecule has 0 aromatic carbocycles. The molecule has 0 aliphatic carbocycles. The van der Waals surface area contributed by atoms with E-state index in [0.717, 1.165) is 154 Å². The van der Waals surface area contributed by atoms with Crippen LogP contribution in [0.5, 0.6) is 0 Å². The Bertz CT molecular complexity index is 2330. The van der Waals surface area contributed by atoms with Crippen LogP contribution in [0.4, 0.5) is 0 Å². The summed E-state index contributed by atoms with van der Waals surface area (Å²) < 4.78 is 71.0. The number of ether oxygens (including phenoxy) is 4. The van der Waals surface area contributed by atoms with Crippen molar-refractivity contribution in [3.05, 3.63) is 24.3 Å². The summed E-state index contributed by atoms with van der Waals surface area (Å²) in [6, 6.07) is -2.00. The number of phosphoric acid groups is 2. The van der Waals surface area contributed by atoms with Crippen LogP contribution >= 0.6 is 15.6 Å². The number of rotatable bonds is 84. The lowest BCUT2D eigenvalue weighted by Crippen LogP contribution is -2.42. The van der Waals surface area contributed by atoms with E-state index in [1.54, 1.807) is 0 Å². The molecule has 4 amide bonds. The van der Waals surface area contributed by atoms with Crippen LogP contribution in [-0.2, 0) is 84.5 Å². The molecule has 0 heterocycles. The number of nitrogens with one attached hydrogen (secondary N) is 4. The maximum atomic E-state index is 13.3. The smallest absolute Gasteiger partial charge is 0.462 e. The molecule has 0 aliphatic rings. The lowest BCUT2D eigenvalue weighted by atomic mass is 10.0. The quantitative estimate of drug-likeness (QED) is 0.0108. The Labute approximate surface area is 671 Å². The molecule has 0 aromatic heterocycles. The third kappa shape index (κ3) is 74.4. The minimum Gasteiger partial charge on any atom is -0.462 e. The van der Waals surface area contributed by atoms with Crippen molar-refractivity contribution in [2.24, 2.45) is 0 Å². The molecule has 6 atom stereocenters. The molecule has 111 heavy (non-hydrogen) atoms. The Morgan fingerprint density at radius 3 is 0.946 bits per heavy atom. The molecule has 648 valence electrons. The third-order valence-electron chi connectivity index (χ3n) is 19.1. The molecule has 0 fully saturated rings. The van der Waals surface area contributed by atoms with Gasteiger partial charge in [0.25, 0.3) is 0 Å². The van der Waals surface area contributed by atoms with Gasteiger partial charge >= 0.3 is 27.6 Å². The molecule has 0 bridgehead atoms. The van der Waals surface area contributed by atoms with E-state index in [2.05, 4.69) is 87.1 Å². The van der Waals surface area contributed by atoms with Crippen molar-refractivity contribution < 1.29 is 94.3 Å². The summed E-state index contributed by atoms with van der Waals surface area (Å²) in [7, 11) is -9.66. The van der Waals surface area contributed by atoms with E-state index >= 15 is 0 Å². The summed E-state index contributed by atoms with van der Waals surface area (Å²) in [5.41, 5.74) is 0. The van der Waals surface area contributed by atoms with E-state index in [1.807, 2.05) is 0 Å². The van der Waals surface area contributed by atoms with E-state index < -0.39 is 109 Å². The van der Waals surface area contributed by atoms with Gasteiger partial charge in [-0.15, -0.1) is 0 Å². The number of hydrogen-bond donors (Lipinski definition) is 6. The third-order valence-corrected chi connectivity index (χ3v) is 21.0. The zero-order valence-corrected chi connectivity index (χ0v) is 72.1. The van der Waals surface area contributed by atoms with Crippen LogP contribution in [0.15, 0.2) is 24.3 Å². The molecule has 0 rings (SSSR count). The molecule has 0 aromatic rings. The van der Waals surface area contributed by atoms with Crippen molar-refractivity contribution in [2.45, 2.75) is 406 Å². The molecule has 24 nitrogen and oxygen atoms in total. The number of amides is 4. The molecule has 0 saturated carbocycles. The first-order valence-corrected chi connectivity index (χ1v) is 46.9. The van der Waals surface area contributed by atoms with E-state index in [-0.39, 0.29) is 75.9 Å². The molecule has 0 aliphatic heterocycles. The fourth-order valence-corrected chi connectivity index (χ4v) is 14.0. The standard InChI is InChI=1S/C85H158N4O20P2/c1-7-13-19-25-29-33-37-43-47-53-76(90)67-82(94)88-74(70-102-63-59-78(55-49-41-23-17-11-5)108-84(96)57-51-45-39-35-31-27-21-15-9-3)72-106-110(98,99)104-65-61-86-80(92)69-81(93)87-62-66-105-111(100,101)107-73-75(89-83(95)68-77(91)54-48-44-38-34-30-26-20-14-8-2)71-103-64-60-79(56-50-42-24-18-12-6)109-85(97)58-52-46-40-36-32-28-22-16-10-4/h35-36,39-40,74-75,78-79H,7-34,37-38,41-73H2,1-6H3,(H,86,92)(H,87,93)(H,88,94)(H,89,95)(H,98,99)(H,100,101)/t74-,75-,78+,79+/m0/s1. The van der Waals surface area contributed by atoms with E-state index in [9.17, 15) is 57.3 Å². The topological polar surface area (TPSA) is 333 Å². The SMILES string of the molecule is CCCCCCC=CCCCC(=O)O[C@H](CCCCCCC)CCOC[C@@H](COP(=O)(O)OCCNC(=O)CC(=O)NCCOP(=O)(O)OC[C@H](COCC[C@@H](CCCCCCC)OC(=O)CCCC=CCCCCCC)NC(=O)CC(=O)CCCCCCCCCCC)NC(=O)CC(=O)CCCCCCCCCCC. The highest BCUT2D eigenvalue weighted by atomic mass is 31.2. The Morgan fingerprint density at radius 1 is 0.315 bits per heavy atom. The Morgan fingerprint density at radius 2 is 0.613 bits per heavy atom. The van der Waals surface area contributed by atoms with E-state index in [4.69, 9.17) is 37.0 Å². The number of ketones is 2. The van der Waals surface area contributed by atoms with Gasteiger partial charge in [0.1, 0.15) is 30.2 Å². The van der Waals surface area contributed by atoms with Crippen LogP contribution in [0.25, 0.3) is 0 Å². The zero-order chi connectivity index (χ0) is 81.8. The Balaban J connectivity index is 5.66. The van der Waals surface area contributed by atoms with Crippen LogP contribution in [0.1, 0.15) is 382 Å². The first-order chi connectivity index (χ1) is 53.7. The van der Waals surface area contributed by atoms with Gasteiger partial charge in [-0.05, 0) is 89.9 Å². The van der Waals surface area contributed by atoms with Crippen molar-refractivity contribution in [2.75, 3.05) is 65.9 Å². The number of esters is 2. The summed E-state index contributed by atoms with van der Waals surface area (Å²) >= 11 is 0. The molecule has 2 unspecified atom stereocenters. The van der Waals surface area contributed by atoms with Gasteiger partial charge in [-0.25, -0.2) is 9.13 Å². The minimum absolute atomic E-state index is 0.130. The summed E-state index contributed by atoms with van der Waals surface area (Å²) in [5, 5.41) is 10.2. The highest BCUT2D eigenvalue weighted by molar-refractivity contribution is 7.47. The Hall–Kier alpha value is -4.22. The Kier molecular flexibility index (Phi) is 74.1. The monoisotopic (exact) mass is 1620 g/mol. The lowest BCUT2D eigenvalue weighted by Gasteiger charge is -2.22. The zero-order valence-electron chi connectivity index (χ0n) is 70.3. The van der Waals surface area contributed by atoms with Crippen molar-refractivity contribution in [1.82, 2.24) is 21.3 Å². The number of carbonyl (C=O) groups is 8. The molecule has 26 heteroatoms. The molecule has 6 N–H and O–H groups in total. The highest BCUT2D eigenvalue weighted by Crippen LogP contribution is 2.44. The van der Waals surface area contributed by atoms with Gasteiger partial charge < -0.3 is 50.0 Å². The maximum Gasteiger partial charge on any atom is 0.472 e. The first-order valence-electron chi connectivity index (χ1n) is 43.9. The number of allylic oxidation sites excluding steroid dienone is 4. The van der Waals surface area contributed by atoms with E-state index in [1.165, 1.54) is 89.9 Å². The average Bonchev–Trinajstić information content (AvgIpc) is 0.911. The largest absolute Gasteiger partial charge is 0.472 e. The maximum absolute atomic E-state index is 13.3. The molecular formula is C85H158N4O20P2. The summed E-state index contributed by atoms with van der Waals surface area (Å²) in [4.78, 5) is 125. The molecule has 0 saturated heterocycles. The summed E-state index contributed by atoms with van der Waals surface area (Å²) in [5.74, 6) is -3.82. The van der Waals surface area contributed by atoms with Crippen molar-refractivity contribution >= 4 is 62.8 Å². The predicted molar refractivity (Wildman–Crippen MR) is 442 cm³/mol. The fourth-order valence-electron chi connectivity index (χ4n) is 12.5. The van der Waals surface area contributed by atoms with Gasteiger partial charge in [0.2, 0.25) is 23.6 Å². The summed E-state index contributed by atoms with van der Waals surface area (Å²) in [6.07, 6.45) is 53.7. The van der Waals surface area contributed by atoms with Crippen molar-refractivity contribution in [1.29, 1.82) is 0 Å². The van der Waals surface area contributed by atoms with Gasteiger partial charge in [-0.2, -0.15) is 0 Å². The van der Waals surface area contributed by atoms with Crippen LogP contribution in [0, 0.1) is 0 Å². The average molecular weight is 1620 g/mol. The van der Waals surface area contributed by atoms with Gasteiger partial charge in [0.15, 0.2) is 0 Å².